The highest BCUT2D eigenvalue weighted by Gasteiger charge is 2.16. The normalized spacial score (nSPS) is 14.6. The molecular formula is C40H75NO4. The number of ether oxygens (including phenoxy) is 1. The summed E-state index contributed by atoms with van der Waals surface area (Å²) < 4.78 is 5.46. The minimum Gasteiger partial charge on any atom is -0.481 e. The van der Waals surface area contributed by atoms with Crippen molar-refractivity contribution < 1.29 is 19.7 Å². The monoisotopic (exact) mass is 634 g/mol. The molecule has 1 rings (SSSR count). The largest absolute Gasteiger partial charge is 0.481 e. The number of unbranched alkanes of at least 4 members (excludes halogenated alkanes) is 23. The van der Waals surface area contributed by atoms with E-state index >= 15 is 0 Å². The molecule has 5 nitrogen and oxygen atoms in total. The van der Waals surface area contributed by atoms with Gasteiger partial charge in [-0.3, -0.25) is 4.79 Å². The van der Waals surface area contributed by atoms with Gasteiger partial charge in [-0.25, -0.2) is 4.99 Å². The van der Waals surface area contributed by atoms with Gasteiger partial charge in [0, 0.05) is 12.8 Å². The van der Waals surface area contributed by atoms with Gasteiger partial charge < -0.3 is 14.9 Å². The second-order valence-electron chi connectivity index (χ2n) is 13.1. The molecule has 0 fully saturated rings. The van der Waals surface area contributed by atoms with E-state index in [1.165, 1.54) is 154 Å². The van der Waals surface area contributed by atoms with Crippen LogP contribution in [0.25, 0.3) is 0 Å². The third-order valence-corrected chi connectivity index (χ3v) is 8.53. The summed E-state index contributed by atoms with van der Waals surface area (Å²) >= 11 is 0. The maximum Gasteiger partial charge on any atom is 0.303 e. The summed E-state index contributed by atoms with van der Waals surface area (Å²) in [7, 11) is 0. The summed E-state index contributed by atoms with van der Waals surface area (Å²) in [5.41, 5.74) is 0. The summed E-state index contributed by atoms with van der Waals surface area (Å²) in [5, 5.41) is 17.5. The smallest absolute Gasteiger partial charge is 0.303 e. The van der Waals surface area contributed by atoms with Gasteiger partial charge in [0.25, 0.3) is 0 Å². The Bertz CT molecular complexity index is 702. The van der Waals surface area contributed by atoms with Crippen LogP contribution in [0.3, 0.4) is 0 Å². The Hall–Kier alpha value is -1.62. The summed E-state index contributed by atoms with van der Waals surface area (Å²) in [6.07, 6.45) is 45.6. The lowest BCUT2D eigenvalue weighted by Gasteiger charge is -2.02. The van der Waals surface area contributed by atoms with Crippen LogP contribution in [0.2, 0.25) is 0 Å². The highest BCUT2D eigenvalue weighted by molar-refractivity contribution is 5.77. The zero-order valence-corrected chi connectivity index (χ0v) is 30.0. The fraction of sp³-hybridized carbons (Fsp3) is 0.850. The van der Waals surface area contributed by atoms with Crippen molar-refractivity contribution in [1.29, 1.82) is 0 Å². The van der Waals surface area contributed by atoms with E-state index in [1.807, 2.05) is 0 Å². The van der Waals surface area contributed by atoms with Gasteiger partial charge in [0.15, 0.2) is 5.90 Å². The number of aliphatic hydroxyl groups is 1. The average Bonchev–Trinajstić information content (AvgIpc) is 3.51. The van der Waals surface area contributed by atoms with Gasteiger partial charge in [-0.1, -0.05) is 147 Å². The Balaban J connectivity index is 0.000000884. The first-order valence-electron chi connectivity index (χ1n) is 19.5. The molecule has 5 heteroatoms. The lowest BCUT2D eigenvalue weighted by Crippen LogP contribution is -2.10. The number of carbonyl (C=O) groups is 1. The van der Waals surface area contributed by atoms with Crippen LogP contribution in [0.1, 0.15) is 200 Å². The number of carboxylic acids is 1. The van der Waals surface area contributed by atoms with Gasteiger partial charge in [0.2, 0.25) is 0 Å². The summed E-state index contributed by atoms with van der Waals surface area (Å²) in [5.74, 6) is 0.192. The van der Waals surface area contributed by atoms with Gasteiger partial charge in [-0.05, 0) is 64.2 Å². The van der Waals surface area contributed by atoms with E-state index in [4.69, 9.17) is 14.9 Å². The van der Waals surface area contributed by atoms with Crippen molar-refractivity contribution in [1.82, 2.24) is 0 Å². The number of aliphatic carboxylic acids is 1. The molecule has 0 saturated carbocycles. The minimum absolute atomic E-state index is 0.0101. The van der Waals surface area contributed by atoms with E-state index in [-0.39, 0.29) is 12.6 Å². The molecule has 1 aliphatic rings. The average molecular weight is 634 g/mol. The third kappa shape index (κ3) is 35.1. The zero-order chi connectivity index (χ0) is 32.9. The van der Waals surface area contributed by atoms with Crippen LogP contribution >= 0.6 is 0 Å². The molecule has 0 aromatic rings. The van der Waals surface area contributed by atoms with E-state index in [9.17, 15) is 4.79 Å². The quantitative estimate of drug-likeness (QED) is 0.0570. The van der Waals surface area contributed by atoms with Gasteiger partial charge in [-0.2, -0.15) is 0 Å². The molecule has 1 unspecified atom stereocenters. The van der Waals surface area contributed by atoms with Crippen LogP contribution in [-0.4, -0.2) is 41.3 Å². The number of aliphatic hydroxyl groups excluding tert-OH is 1. The number of carboxylic acid groups (broad SMARTS) is 1. The maximum atomic E-state index is 10.3. The van der Waals surface area contributed by atoms with Gasteiger partial charge in [0.1, 0.15) is 12.6 Å². The second-order valence-corrected chi connectivity index (χ2v) is 13.1. The Labute approximate surface area is 279 Å². The molecule has 1 aliphatic heterocycles. The predicted molar refractivity (Wildman–Crippen MR) is 195 cm³/mol. The molecular weight excluding hydrogens is 558 g/mol. The molecule has 1 atom stereocenters. The van der Waals surface area contributed by atoms with Crippen molar-refractivity contribution >= 4 is 11.9 Å². The number of nitrogens with zero attached hydrogens (tertiary/aromatic N) is 1. The molecule has 0 aliphatic carbocycles. The predicted octanol–water partition coefficient (Wildman–Crippen LogP) is 12.3. The van der Waals surface area contributed by atoms with Gasteiger partial charge in [-0.15, -0.1) is 0 Å². The fourth-order valence-electron chi connectivity index (χ4n) is 5.57. The summed E-state index contributed by atoms with van der Waals surface area (Å²) in [6.45, 7) is 5.21. The minimum atomic E-state index is -0.664. The molecule has 1 heterocycles. The van der Waals surface area contributed by atoms with Gasteiger partial charge >= 0.3 is 5.97 Å². The SMILES string of the molecule is CCCCCCCCC=CCCCCCCCC(=O)O.CCCCCCCCC=CCCCCCCCCC1=NC(CO)CO1. The van der Waals surface area contributed by atoms with Crippen molar-refractivity contribution in [3.63, 3.8) is 0 Å². The molecule has 0 aromatic carbocycles. The lowest BCUT2D eigenvalue weighted by molar-refractivity contribution is -0.137. The van der Waals surface area contributed by atoms with Crippen molar-refractivity contribution in [3.8, 4) is 0 Å². The van der Waals surface area contributed by atoms with Crippen LogP contribution in [-0.2, 0) is 9.53 Å². The number of rotatable bonds is 32. The van der Waals surface area contributed by atoms with Crippen LogP contribution in [0.5, 0.6) is 0 Å². The van der Waals surface area contributed by atoms with Crippen LogP contribution < -0.4 is 0 Å². The molecule has 0 spiro atoms. The molecule has 264 valence electrons. The third-order valence-electron chi connectivity index (χ3n) is 8.53. The van der Waals surface area contributed by atoms with Gasteiger partial charge in [0.05, 0.1) is 6.61 Å². The zero-order valence-electron chi connectivity index (χ0n) is 30.0. The fourth-order valence-corrected chi connectivity index (χ4v) is 5.57. The Morgan fingerprint density at radius 3 is 1.38 bits per heavy atom. The number of hydrogen-bond donors (Lipinski definition) is 2. The lowest BCUT2D eigenvalue weighted by atomic mass is 10.1. The van der Waals surface area contributed by atoms with Crippen molar-refractivity contribution in [3.05, 3.63) is 24.3 Å². The molecule has 0 radical (unpaired) electrons. The Morgan fingerprint density at radius 2 is 1.00 bits per heavy atom. The van der Waals surface area contributed by atoms with Crippen LogP contribution in [0, 0.1) is 0 Å². The maximum absolute atomic E-state index is 10.3. The topological polar surface area (TPSA) is 79.1 Å². The Morgan fingerprint density at radius 1 is 0.622 bits per heavy atom. The van der Waals surface area contributed by atoms with Crippen molar-refractivity contribution in [2.75, 3.05) is 13.2 Å². The summed E-state index contributed by atoms with van der Waals surface area (Å²) in [4.78, 5) is 14.7. The van der Waals surface area contributed by atoms with Crippen LogP contribution in [0.4, 0.5) is 0 Å². The number of aliphatic imine (C=N–C) groups is 1. The molecule has 2 N–H and O–H groups in total. The molecule has 0 aromatic heterocycles. The highest BCUT2D eigenvalue weighted by Crippen LogP contribution is 2.14. The first-order valence-corrected chi connectivity index (χ1v) is 19.5. The van der Waals surface area contributed by atoms with E-state index in [0.717, 1.165) is 31.6 Å². The van der Waals surface area contributed by atoms with E-state index in [0.29, 0.717) is 13.0 Å². The molecule has 0 bridgehead atoms. The summed E-state index contributed by atoms with van der Waals surface area (Å²) in [6, 6.07) is -0.0101. The first-order chi connectivity index (χ1) is 22.1. The molecule has 0 amide bonds. The highest BCUT2D eigenvalue weighted by atomic mass is 16.5. The van der Waals surface area contributed by atoms with E-state index in [1.54, 1.807) is 0 Å². The van der Waals surface area contributed by atoms with Crippen molar-refractivity contribution in [2.45, 2.75) is 206 Å². The standard InChI is InChI=1S/C22H41NO2.C18H34O2/c1-2-3-4-5-6-7-8-9-10-11-12-13-14-15-16-17-18-22-23-21(19-24)20-25-22;1-2-3-4-5-6-7-8-9-10-11-12-13-14-15-16-17-18(19)20/h9-10,21,24H,2-8,11-20H2,1H3;9-10H,2-8,11-17H2,1H3,(H,19,20). The molecule has 45 heavy (non-hydrogen) atoms. The van der Waals surface area contributed by atoms with Crippen LogP contribution in [0.15, 0.2) is 29.3 Å². The van der Waals surface area contributed by atoms with E-state index < -0.39 is 5.97 Å². The number of allylic oxidation sites excluding steroid dienone is 4. The number of hydrogen-bond acceptors (Lipinski definition) is 4. The van der Waals surface area contributed by atoms with E-state index in [2.05, 4.69) is 43.1 Å². The Kier molecular flexibility index (Phi) is 35.5. The second kappa shape index (κ2) is 36.8. The van der Waals surface area contributed by atoms with Crippen molar-refractivity contribution in [2.24, 2.45) is 4.99 Å². The molecule has 0 saturated heterocycles. The first kappa shape index (κ1) is 43.4.